The van der Waals surface area contributed by atoms with Crippen LogP contribution in [0.5, 0.6) is 0 Å². The molecule has 0 aromatic carbocycles. The molecule has 1 atom stereocenters. The van der Waals surface area contributed by atoms with E-state index in [9.17, 15) is 9.59 Å². The first kappa shape index (κ1) is 11.4. The number of carbonyl (C=O) groups is 2. The summed E-state index contributed by atoms with van der Waals surface area (Å²) in [7, 11) is 0. The third-order valence-corrected chi connectivity index (χ3v) is 4.28. The summed E-state index contributed by atoms with van der Waals surface area (Å²) < 4.78 is 0. The number of amides is 1. The normalized spacial score (nSPS) is 29.0. The Balaban J connectivity index is 1.86. The average Bonchev–Trinajstić information content (AvgIpc) is 2.67. The minimum Gasteiger partial charge on any atom is -0.480 e. The fourth-order valence-electron chi connectivity index (χ4n) is 2.38. The molecule has 2 saturated carbocycles. The third-order valence-electron chi connectivity index (χ3n) is 4.28. The molecule has 0 aliphatic heterocycles. The van der Waals surface area contributed by atoms with Gasteiger partial charge in [-0.05, 0) is 30.6 Å². The minimum atomic E-state index is -1.11. The second kappa shape index (κ2) is 3.47. The average molecular weight is 225 g/mol. The maximum atomic E-state index is 11.8. The summed E-state index contributed by atoms with van der Waals surface area (Å²) in [4.78, 5) is 22.9. The topological polar surface area (TPSA) is 66.4 Å². The summed E-state index contributed by atoms with van der Waals surface area (Å²) in [5, 5.41) is 11.9. The molecule has 0 saturated heterocycles. The van der Waals surface area contributed by atoms with Crippen molar-refractivity contribution in [3.8, 4) is 0 Å². The molecule has 2 rings (SSSR count). The number of nitrogens with one attached hydrogen (secondary N) is 1. The van der Waals surface area contributed by atoms with Gasteiger partial charge in [0.05, 0.1) is 0 Å². The smallest absolute Gasteiger partial charge is 0.319 e. The van der Waals surface area contributed by atoms with Crippen LogP contribution in [-0.2, 0) is 9.59 Å². The predicted molar refractivity (Wildman–Crippen MR) is 58.8 cm³/mol. The van der Waals surface area contributed by atoms with Crippen molar-refractivity contribution in [2.24, 2.45) is 16.7 Å². The molecule has 2 fully saturated rings. The Labute approximate surface area is 95.4 Å². The molecule has 2 aliphatic carbocycles. The van der Waals surface area contributed by atoms with Gasteiger partial charge in [0.25, 0.3) is 0 Å². The highest BCUT2D eigenvalue weighted by Gasteiger charge is 2.52. The van der Waals surface area contributed by atoms with Gasteiger partial charge in [0.1, 0.15) is 5.41 Å². The van der Waals surface area contributed by atoms with Gasteiger partial charge < -0.3 is 10.4 Å². The second-order valence-electron chi connectivity index (χ2n) is 5.84. The number of carboxylic acid groups (broad SMARTS) is 1. The van der Waals surface area contributed by atoms with Gasteiger partial charge in [-0.2, -0.15) is 0 Å². The largest absolute Gasteiger partial charge is 0.480 e. The number of rotatable bonds is 4. The Kier molecular flexibility index (Phi) is 2.48. The first-order valence-corrected chi connectivity index (χ1v) is 5.90. The molecule has 4 nitrogen and oxygen atoms in total. The summed E-state index contributed by atoms with van der Waals surface area (Å²) in [6.07, 6.45) is 2.94. The van der Waals surface area contributed by atoms with Crippen molar-refractivity contribution in [3.05, 3.63) is 0 Å². The summed E-state index contributed by atoms with van der Waals surface area (Å²) in [6.45, 7) is 4.96. The molecule has 2 N–H and O–H groups in total. The van der Waals surface area contributed by atoms with Crippen LogP contribution < -0.4 is 5.32 Å². The van der Waals surface area contributed by atoms with Crippen LogP contribution in [0.1, 0.15) is 39.5 Å². The number of carbonyl (C=O) groups excluding carboxylic acids is 1. The Morgan fingerprint density at radius 1 is 1.38 bits per heavy atom. The fraction of sp³-hybridized carbons (Fsp3) is 0.833. The summed E-state index contributed by atoms with van der Waals surface area (Å²) >= 11 is 0. The van der Waals surface area contributed by atoms with Crippen molar-refractivity contribution < 1.29 is 14.7 Å². The van der Waals surface area contributed by atoms with E-state index in [1.54, 1.807) is 0 Å². The van der Waals surface area contributed by atoms with Crippen molar-refractivity contribution in [3.63, 3.8) is 0 Å². The minimum absolute atomic E-state index is 0.283. The molecule has 2 aliphatic rings. The highest BCUT2D eigenvalue weighted by Crippen LogP contribution is 2.51. The molecule has 16 heavy (non-hydrogen) atoms. The van der Waals surface area contributed by atoms with Gasteiger partial charge in [0.2, 0.25) is 5.91 Å². The van der Waals surface area contributed by atoms with Gasteiger partial charge >= 0.3 is 5.97 Å². The lowest BCUT2D eigenvalue weighted by atomic mass is 9.68. The molecular formula is C12H19NO3. The van der Waals surface area contributed by atoms with Gasteiger partial charge in [-0.1, -0.05) is 20.3 Å². The van der Waals surface area contributed by atoms with Crippen molar-refractivity contribution >= 4 is 11.9 Å². The van der Waals surface area contributed by atoms with Crippen LogP contribution in [0.2, 0.25) is 0 Å². The molecule has 0 heterocycles. The Morgan fingerprint density at radius 2 is 1.94 bits per heavy atom. The summed E-state index contributed by atoms with van der Waals surface area (Å²) in [5.41, 5.74) is -0.789. The molecule has 0 aromatic rings. The van der Waals surface area contributed by atoms with E-state index in [4.69, 9.17) is 5.11 Å². The molecule has 4 heteroatoms. The molecule has 1 unspecified atom stereocenters. The predicted octanol–water partition coefficient (Wildman–Crippen LogP) is 1.40. The summed E-state index contributed by atoms with van der Waals surface area (Å²) in [5.74, 6) is -0.734. The quantitative estimate of drug-likeness (QED) is 0.711. The molecule has 0 aromatic heterocycles. The van der Waals surface area contributed by atoms with Gasteiger partial charge in [-0.3, -0.25) is 9.59 Å². The van der Waals surface area contributed by atoms with Crippen molar-refractivity contribution in [1.82, 2.24) is 5.32 Å². The third kappa shape index (κ3) is 1.70. The molecular weight excluding hydrogens is 206 g/mol. The van der Waals surface area contributed by atoms with Crippen LogP contribution in [0.4, 0.5) is 0 Å². The first-order valence-electron chi connectivity index (χ1n) is 5.90. The highest BCUT2D eigenvalue weighted by molar-refractivity contribution is 6.02. The van der Waals surface area contributed by atoms with Gasteiger partial charge in [0, 0.05) is 6.54 Å². The Bertz CT molecular complexity index is 331. The van der Waals surface area contributed by atoms with Gasteiger partial charge in [-0.15, -0.1) is 0 Å². The maximum absolute atomic E-state index is 11.8. The first-order chi connectivity index (χ1) is 7.38. The lowest BCUT2D eigenvalue weighted by Gasteiger charge is -2.35. The number of hydrogen-bond acceptors (Lipinski definition) is 2. The lowest BCUT2D eigenvalue weighted by Crippen LogP contribution is -2.51. The second-order valence-corrected chi connectivity index (χ2v) is 5.84. The van der Waals surface area contributed by atoms with E-state index < -0.39 is 11.4 Å². The van der Waals surface area contributed by atoms with E-state index in [1.165, 1.54) is 0 Å². The monoisotopic (exact) mass is 225 g/mol. The number of aliphatic carboxylic acids is 1. The van der Waals surface area contributed by atoms with Crippen molar-refractivity contribution in [2.75, 3.05) is 6.54 Å². The molecule has 0 spiro atoms. The molecule has 0 bridgehead atoms. The van der Waals surface area contributed by atoms with Gasteiger partial charge in [0.15, 0.2) is 0 Å². The van der Waals surface area contributed by atoms with Crippen LogP contribution in [0.15, 0.2) is 0 Å². The molecule has 0 radical (unpaired) electrons. The lowest BCUT2D eigenvalue weighted by molar-refractivity contribution is -0.162. The zero-order valence-corrected chi connectivity index (χ0v) is 9.88. The Morgan fingerprint density at radius 3 is 2.25 bits per heavy atom. The maximum Gasteiger partial charge on any atom is 0.319 e. The number of hydrogen-bond donors (Lipinski definition) is 2. The standard InChI is InChI=1S/C12H19NO3/c1-11(2)6-8(11)7-13-9(14)12(10(15)16)4-3-5-12/h8H,3-7H2,1-2H3,(H,13,14)(H,15,16). The Hall–Kier alpha value is -1.06. The summed E-state index contributed by atoms with van der Waals surface area (Å²) in [6, 6.07) is 0. The van der Waals surface area contributed by atoms with E-state index in [-0.39, 0.29) is 5.91 Å². The van der Waals surface area contributed by atoms with Crippen LogP contribution in [0, 0.1) is 16.7 Å². The van der Waals surface area contributed by atoms with E-state index >= 15 is 0 Å². The number of carboxylic acids is 1. The van der Waals surface area contributed by atoms with Crippen LogP contribution >= 0.6 is 0 Å². The van der Waals surface area contributed by atoms with E-state index in [2.05, 4.69) is 19.2 Å². The van der Waals surface area contributed by atoms with E-state index in [0.29, 0.717) is 30.7 Å². The van der Waals surface area contributed by atoms with Crippen molar-refractivity contribution in [1.29, 1.82) is 0 Å². The molecule has 90 valence electrons. The SMILES string of the molecule is CC1(C)CC1CNC(=O)C1(C(=O)O)CCC1. The zero-order chi connectivity index (χ0) is 12.0. The van der Waals surface area contributed by atoms with Crippen LogP contribution in [0.3, 0.4) is 0 Å². The van der Waals surface area contributed by atoms with E-state index in [0.717, 1.165) is 12.8 Å². The van der Waals surface area contributed by atoms with E-state index in [1.807, 2.05) is 0 Å². The fourth-order valence-corrected chi connectivity index (χ4v) is 2.38. The van der Waals surface area contributed by atoms with Crippen molar-refractivity contribution in [2.45, 2.75) is 39.5 Å². The van der Waals surface area contributed by atoms with Gasteiger partial charge in [-0.25, -0.2) is 0 Å². The molecule has 1 amide bonds. The van der Waals surface area contributed by atoms with Crippen LogP contribution in [0.25, 0.3) is 0 Å². The zero-order valence-electron chi connectivity index (χ0n) is 9.88. The highest BCUT2D eigenvalue weighted by atomic mass is 16.4. The van der Waals surface area contributed by atoms with Crippen LogP contribution in [-0.4, -0.2) is 23.5 Å².